The van der Waals surface area contributed by atoms with Gasteiger partial charge in [0.05, 0.1) is 28.2 Å². The van der Waals surface area contributed by atoms with Crippen LogP contribution < -0.4 is 0 Å². The molecular formula is C11H14BrNO2S. The lowest BCUT2D eigenvalue weighted by Crippen LogP contribution is -2.34. The normalized spacial score (nSPS) is 25.3. The Morgan fingerprint density at radius 3 is 2.56 bits per heavy atom. The van der Waals surface area contributed by atoms with E-state index in [9.17, 15) is 0 Å². The summed E-state index contributed by atoms with van der Waals surface area (Å²) in [6.07, 6.45) is 6.16. The number of hydrogen-bond donors (Lipinski definition) is 0. The average Bonchev–Trinajstić information content (AvgIpc) is 2.90. The SMILES string of the molecule is Brc1cnc(C2CCC3(CC2)OCCO3)s1. The smallest absolute Gasteiger partial charge is 0.168 e. The van der Waals surface area contributed by atoms with Crippen LogP contribution in [0.3, 0.4) is 0 Å². The summed E-state index contributed by atoms with van der Waals surface area (Å²) in [5.74, 6) is 0.347. The van der Waals surface area contributed by atoms with Crippen molar-refractivity contribution in [3.8, 4) is 0 Å². The van der Waals surface area contributed by atoms with Crippen molar-refractivity contribution in [3.05, 3.63) is 15.0 Å². The van der Waals surface area contributed by atoms with E-state index in [4.69, 9.17) is 9.47 Å². The largest absolute Gasteiger partial charge is 0.348 e. The molecule has 1 aromatic rings. The first-order valence-electron chi connectivity index (χ1n) is 5.67. The van der Waals surface area contributed by atoms with Gasteiger partial charge in [-0.15, -0.1) is 11.3 Å². The quantitative estimate of drug-likeness (QED) is 0.797. The molecule has 1 aromatic heterocycles. The van der Waals surface area contributed by atoms with E-state index in [-0.39, 0.29) is 5.79 Å². The molecule has 1 aliphatic carbocycles. The number of ether oxygens (including phenoxy) is 2. The van der Waals surface area contributed by atoms with E-state index in [1.807, 2.05) is 6.20 Å². The highest BCUT2D eigenvalue weighted by Crippen LogP contribution is 2.43. The molecule has 3 nitrogen and oxygen atoms in total. The van der Waals surface area contributed by atoms with Gasteiger partial charge in [0.25, 0.3) is 0 Å². The molecule has 0 amide bonds. The molecule has 1 aliphatic heterocycles. The lowest BCUT2D eigenvalue weighted by Gasteiger charge is -2.34. The van der Waals surface area contributed by atoms with Crippen LogP contribution in [0.5, 0.6) is 0 Å². The second-order valence-corrected chi connectivity index (χ2v) is 6.83. The van der Waals surface area contributed by atoms with Gasteiger partial charge in [0.2, 0.25) is 0 Å². The summed E-state index contributed by atoms with van der Waals surface area (Å²) in [6, 6.07) is 0. The van der Waals surface area contributed by atoms with Crippen LogP contribution in [0, 0.1) is 0 Å². The van der Waals surface area contributed by atoms with Crippen LogP contribution in [0.15, 0.2) is 9.98 Å². The molecule has 0 N–H and O–H groups in total. The molecule has 0 aromatic carbocycles. The summed E-state index contributed by atoms with van der Waals surface area (Å²) in [4.78, 5) is 4.44. The Hall–Kier alpha value is 0.0300. The molecule has 1 saturated carbocycles. The zero-order chi connectivity index (χ0) is 11.0. The second kappa shape index (κ2) is 4.37. The Balaban J connectivity index is 1.66. The van der Waals surface area contributed by atoms with E-state index >= 15 is 0 Å². The minimum absolute atomic E-state index is 0.245. The Bertz CT molecular complexity index is 366. The third-order valence-electron chi connectivity index (χ3n) is 3.41. The van der Waals surface area contributed by atoms with Crippen molar-refractivity contribution in [2.24, 2.45) is 0 Å². The first kappa shape index (κ1) is 11.1. The van der Waals surface area contributed by atoms with Crippen molar-refractivity contribution in [2.45, 2.75) is 37.4 Å². The molecule has 2 aliphatic rings. The van der Waals surface area contributed by atoms with Gasteiger partial charge in [-0.1, -0.05) is 0 Å². The van der Waals surface area contributed by atoms with Crippen LogP contribution in [0.25, 0.3) is 0 Å². The van der Waals surface area contributed by atoms with Crippen LogP contribution >= 0.6 is 27.3 Å². The lowest BCUT2D eigenvalue weighted by molar-refractivity contribution is -0.178. The average molecular weight is 304 g/mol. The zero-order valence-corrected chi connectivity index (χ0v) is 11.3. The number of aromatic nitrogens is 1. The molecule has 88 valence electrons. The summed E-state index contributed by atoms with van der Waals surface area (Å²) in [5.41, 5.74) is 0. The second-order valence-electron chi connectivity index (χ2n) is 4.38. The maximum absolute atomic E-state index is 5.72. The van der Waals surface area contributed by atoms with Crippen LogP contribution in [-0.2, 0) is 9.47 Å². The molecule has 2 fully saturated rings. The van der Waals surface area contributed by atoms with E-state index in [1.165, 1.54) is 5.01 Å². The van der Waals surface area contributed by atoms with Crippen molar-refractivity contribution in [1.29, 1.82) is 0 Å². The van der Waals surface area contributed by atoms with Crippen LogP contribution in [-0.4, -0.2) is 24.0 Å². The Kier molecular flexibility index (Phi) is 3.04. The van der Waals surface area contributed by atoms with Gasteiger partial charge in [0.1, 0.15) is 0 Å². The third-order valence-corrected chi connectivity index (χ3v) is 5.04. The Morgan fingerprint density at radius 1 is 1.31 bits per heavy atom. The molecule has 16 heavy (non-hydrogen) atoms. The fourth-order valence-electron chi connectivity index (χ4n) is 2.55. The van der Waals surface area contributed by atoms with Crippen molar-refractivity contribution in [3.63, 3.8) is 0 Å². The van der Waals surface area contributed by atoms with Crippen molar-refractivity contribution in [2.75, 3.05) is 13.2 Å². The van der Waals surface area contributed by atoms with Gasteiger partial charge in [0.15, 0.2) is 5.79 Å². The summed E-state index contributed by atoms with van der Waals surface area (Å²) in [7, 11) is 0. The van der Waals surface area contributed by atoms with Gasteiger partial charge in [-0.3, -0.25) is 0 Å². The van der Waals surface area contributed by atoms with Crippen LogP contribution in [0.1, 0.15) is 36.6 Å². The number of hydrogen-bond acceptors (Lipinski definition) is 4. The highest BCUT2D eigenvalue weighted by molar-refractivity contribution is 9.11. The van der Waals surface area contributed by atoms with E-state index in [0.29, 0.717) is 5.92 Å². The number of rotatable bonds is 1. The van der Waals surface area contributed by atoms with Gasteiger partial charge in [-0.2, -0.15) is 0 Å². The standard InChI is InChI=1S/C11H14BrNO2S/c12-9-7-13-10(16-9)8-1-3-11(4-2-8)14-5-6-15-11/h7-8H,1-6H2. The minimum atomic E-state index is -0.245. The first-order valence-corrected chi connectivity index (χ1v) is 7.28. The molecule has 0 unspecified atom stereocenters. The summed E-state index contributed by atoms with van der Waals surface area (Å²) >= 11 is 5.21. The maximum atomic E-state index is 5.72. The zero-order valence-electron chi connectivity index (χ0n) is 8.95. The van der Waals surface area contributed by atoms with E-state index < -0.39 is 0 Å². The Labute approximate surface area is 107 Å². The molecule has 2 heterocycles. The van der Waals surface area contributed by atoms with E-state index in [1.54, 1.807) is 11.3 Å². The number of thiazole rings is 1. The van der Waals surface area contributed by atoms with Gasteiger partial charge < -0.3 is 9.47 Å². The maximum Gasteiger partial charge on any atom is 0.168 e. The van der Waals surface area contributed by atoms with Crippen molar-refractivity contribution >= 4 is 27.3 Å². The molecular weight excluding hydrogens is 290 g/mol. The molecule has 1 saturated heterocycles. The van der Waals surface area contributed by atoms with Crippen LogP contribution in [0.2, 0.25) is 0 Å². The van der Waals surface area contributed by atoms with Crippen LogP contribution in [0.4, 0.5) is 0 Å². The molecule has 1 spiro atoms. The van der Waals surface area contributed by atoms with E-state index in [2.05, 4.69) is 20.9 Å². The van der Waals surface area contributed by atoms with Gasteiger partial charge in [-0.05, 0) is 28.8 Å². The summed E-state index contributed by atoms with van der Waals surface area (Å²) in [5, 5.41) is 1.25. The van der Waals surface area contributed by atoms with E-state index in [0.717, 1.165) is 42.7 Å². The highest BCUT2D eigenvalue weighted by atomic mass is 79.9. The summed E-state index contributed by atoms with van der Waals surface area (Å²) in [6.45, 7) is 1.51. The predicted molar refractivity (Wildman–Crippen MR) is 65.7 cm³/mol. The molecule has 5 heteroatoms. The van der Waals surface area contributed by atoms with Gasteiger partial charge >= 0.3 is 0 Å². The summed E-state index contributed by atoms with van der Waals surface area (Å²) < 4.78 is 12.6. The monoisotopic (exact) mass is 303 g/mol. The Morgan fingerprint density at radius 2 is 2.00 bits per heavy atom. The molecule has 3 rings (SSSR count). The minimum Gasteiger partial charge on any atom is -0.348 e. The number of nitrogens with zero attached hydrogens (tertiary/aromatic N) is 1. The molecule has 0 atom stereocenters. The van der Waals surface area contributed by atoms with Gasteiger partial charge in [-0.25, -0.2) is 4.98 Å². The fraction of sp³-hybridized carbons (Fsp3) is 0.727. The lowest BCUT2D eigenvalue weighted by atomic mass is 9.85. The highest BCUT2D eigenvalue weighted by Gasteiger charge is 2.41. The fourth-order valence-corrected chi connectivity index (χ4v) is 3.96. The topological polar surface area (TPSA) is 31.4 Å². The molecule has 0 bridgehead atoms. The van der Waals surface area contributed by atoms with Gasteiger partial charge in [0, 0.05) is 18.8 Å². The van der Waals surface area contributed by atoms with Crippen molar-refractivity contribution < 1.29 is 9.47 Å². The number of halogens is 1. The first-order chi connectivity index (χ1) is 7.77. The van der Waals surface area contributed by atoms with Crippen molar-refractivity contribution in [1.82, 2.24) is 4.98 Å². The molecule has 0 radical (unpaired) electrons. The predicted octanol–water partition coefficient (Wildman–Crippen LogP) is 3.31. The third kappa shape index (κ3) is 2.06.